The van der Waals surface area contributed by atoms with E-state index >= 15 is 0 Å². The molecule has 0 fully saturated rings. The highest BCUT2D eigenvalue weighted by atomic mass is 15.1. The number of rotatable bonds is 7. The predicted octanol–water partition coefficient (Wildman–Crippen LogP) is 1.95. The Morgan fingerprint density at radius 2 is 1.62 bits per heavy atom. The second-order valence-corrected chi connectivity index (χ2v) is 4.21. The summed E-state index contributed by atoms with van der Waals surface area (Å²) < 4.78 is 0. The molecule has 2 atom stereocenters. The summed E-state index contributed by atoms with van der Waals surface area (Å²) in [5.41, 5.74) is 5.61. The van der Waals surface area contributed by atoms with Crippen LogP contribution in [0, 0.1) is 11.8 Å². The van der Waals surface area contributed by atoms with Crippen molar-refractivity contribution in [1.82, 2.24) is 4.90 Å². The molecule has 0 aromatic carbocycles. The van der Waals surface area contributed by atoms with Gasteiger partial charge in [-0.25, -0.2) is 0 Å². The third-order valence-corrected chi connectivity index (χ3v) is 2.69. The first-order valence-electron chi connectivity index (χ1n) is 5.56. The molecule has 0 rings (SSSR count). The van der Waals surface area contributed by atoms with E-state index in [2.05, 4.69) is 32.6 Å². The molecular weight excluding hydrogens is 160 g/mol. The molecular formula is C11H26N2. The Bertz CT molecular complexity index is 103. The van der Waals surface area contributed by atoms with E-state index in [1.54, 1.807) is 0 Å². The lowest BCUT2D eigenvalue weighted by atomic mass is 10.1. The topological polar surface area (TPSA) is 29.3 Å². The third kappa shape index (κ3) is 6.05. The smallest absolute Gasteiger partial charge is 0.00191 e. The summed E-state index contributed by atoms with van der Waals surface area (Å²) in [6.07, 6.45) is 1.27. The molecule has 2 unspecified atom stereocenters. The molecule has 0 aliphatic carbocycles. The van der Waals surface area contributed by atoms with Crippen LogP contribution in [0.4, 0.5) is 0 Å². The van der Waals surface area contributed by atoms with Gasteiger partial charge in [-0.1, -0.05) is 34.1 Å². The molecule has 0 spiro atoms. The van der Waals surface area contributed by atoms with Crippen molar-refractivity contribution >= 4 is 0 Å². The normalized spacial score (nSPS) is 16.2. The van der Waals surface area contributed by atoms with Crippen LogP contribution in [0.1, 0.15) is 34.1 Å². The Labute approximate surface area is 83.5 Å². The van der Waals surface area contributed by atoms with Gasteiger partial charge in [0, 0.05) is 13.1 Å². The van der Waals surface area contributed by atoms with E-state index in [0.717, 1.165) is 25.6 Å². The van der Waals surface area contributed by atoms with Crippen LogP contribution in [0.5, 0.6) is 0 Å². The first-order chi connectivity index (χ1) is 6.13. The van der Waals surface area contributed by atoms with Crippen LogP contribution in [0.2, 0.25) is 0 Å². The van der Waals surface area contributed by atoms with Crippen molar-refractivity contribution < 1.29 is 0 Å². The van der Waals surface area contributed by atoms with Gasteiger partial charge in [-0.2, -0.15) is 0 Å². The average molecular weight is 186 g/mol. The van der Waals surface area contributed by atoms with Crippen LogP contribution in [-0.4, -0.2) is 31.1 Å². The molecule has 0 radical (unpaired) electrons. The second kappa shape index (κ2) is 7.34. The number of nitrogens with two attached hydrogens (primary N) is 1. The lowest BCUT2D eigenvalue weighted by molar-refractivity contribution is 0.218. The highest BCUT2D eigenvalue weighted by molar-refractivity contribution is 4.64. The second-order valence-electron chi connectivity index (χ2n) is 4.21. The van der Waals surface area contributed by atoms with E-state index in [0.29, 0.717) is 5.92 Å². The van der Waals surface area contributed by atoms with E-state index in [1.807, 2.05) is 0 Å². The molecule has 0 aromatic heterocycles. The molecule has 0 saturated carbocycles. The van der Waals surface area contributed by atoms with Crippen LogP contribution in [-0.2, 0) is 0 Å². The maximum absolute atomic E-state index is 5.61. The van der Waals surface area contributed by atoms with Crippen molar-refractivity contribution in [2.75, 3.05) is 26.2 Å². The number of nitrogens with zero attached hydrogens (tertiary/aromatic N) is 1. The van der Waals surface area contributed by atoms with Gasteiger partial charge in [-0.05, 0) is 24.9 Å². The fraction of sp³-hybridized carbons (Fsp3) is 1.00. The van der Waals surface area contributed by atoms with Gasteiger partial charge in [-0.3, -0.25) is 0 Å². The first kappa shape index (κ1) is 12.9. The molecule has 0 saturated heterocycles. The average Bonchev–Trinajstić information content (AvgIpc) is 2.16. The van der Waals surface area contributed by atoms with Gasteiger partial charge >= 0.3 is 0 Å². The Balaban J connectivity index is 3.74. The van der Waals surface area contributed by atoms with Crippen LogP contribution in [0.15, 0.2) is 0 Å². The Kier molecular flexibility index (Phi) is 7.29. The quantitative estimate of drug-likeness (QED) is 0.658. The van der Waals surface area contributed by atoms with E-state index in [9.17, 15) is 0 Å². The van der Waals surface area contributed by atoms with Gasteiger partial charge < -0.3 is 10.6 Å². The molecule has 0 heterocycles. The SMILES string of the molecule is CCC(C)CN(CC)CC(C)CN. The zero-order valence-corrected chi connectivity index (χ0v) is 9.71. The summed E-state index contributed by atoms with van der Waals surface area (Å²) >= 11 is 0. The maximum Gasteiger partial charge on any atom is 0.00191 e. The predicted molar refractivity (Wildman–Crippen MR) is 59.8 cm³/mol. The third-order valence-electron chi connectivity index (χ3n) is 2.69. The lowest BCUT2D eigenvalue weighted by Gasteiger charge is -2.26. The Hall–Kier alpha value is -0.0800. The summed E-state index contributed by atoms with van der Waals surface area (Å²) in [4.78, 5) is 2.51. The van der Waals surface area contributed by atoms with Crippen LogP contribution >= 0.6 is 0 Å². The van der Waals surface area contributed by atoms with Crippen molar-refractivity contribution in [3.05, 3.63) is 0 Å². The minimum Gasteiger partial charge on any atom is -0.330 e. The molecule has 0 amide bonds. The van der Waals surface area contributed by atoms with Gasteiger partial charge in [0.15, 0.2) is 0 Å². The molecule has 13 heavy (non-hydrogen) atoms. The Morgan fingerprint density at radius 3 is 2.00 bits per heavy atom. The highest BCUT2D eigenvalue weighted by Gasteiger charge is 2.09. The van der Waals surface area contributed by atoms with E-state index < -0.39 is 0 Å². The molecule has 2 nitrogen and oxygen atoms in total. The monoisotopic (exact) mass is 186 g/mol. The first-order valence-corrected chi connectivity index (χ1v) is 5.56. The van der Waals surface area contributed by atoms with Gasteiger partial charge in [0.25, 0.3) is 0 Å². The lowest BCUT2D eigenvalue weighted by Crippen LogP contribution is -2.34. The fourth-order valence-electron chi connectivity index (χ4n) is 1.42. The fourth-order valence-corrected chi connectivity index (χ4v) is 1.42. The number of hydrogen-bond acceptors (Lipinski definition) is 2. The summed E-state index contributed by atoms with van der Waals surface area (Å²) in [6, 6.07) is 0. The molecule has 0 aromatic rings. The van der Waals surface area contributed by atoms with Crippen molar-refractivity contribution in [3.8, 4) is 0 Å². The van der Waals surface area contributed by atoms with Crippen LogP contribution in [0.25, 0.3) is 0 Å². The zero-order chi connectivity index (χ0) is 10.3. The highest BCUT2D eigenvalue weighted by Crippen LogP contribution is 2.06. The Morgan fingerprint density at radius 1 is 1.08 bits per heavy atom. The minimum absolute atomic E-state index is 0.629. The summed E-state index contributed by atoms with van der Waals surface area (Å²) in [7, 11) is 0. The molecule has 0 bridgehead atoms. The molecule has 2 heteroatoms. The summed E-state index contributed by atoms with van der Waals surface area (Å²) in [5.74, 6) is 1.44. The van der Waals surface area contributed by atoms with Crippen molar-refractivity contribution in [1.29, 1.82) is 0 Å². The van der Waals surface area contributed by atoms with Crippen molar-refractivity contribution in [2.45, 2.75) is 34.1 Å². The van der Waals surface area contributed by atoms with E-state index in [4.69, 9.17) is 5.73 Å². The molecule has 2 N–H and O–H groups in total. The number of hydrogen-bond donors (Lipinski definition) is 1. The molecule has 80 valence electrons. The van der Waals surface area contributed by atoms with Crippen LogP contribution < -0.4 is 5.73 Å². The van der Waals surface area contributed by atoms with E-state index in [-0.39, 0.29) is 0 Å². The van der Waals surface area contributed by atoms with Gasteiger partial charge in [0.2, 0.25) is 0 Å². The van der Waals surface area contributed by atoms with Gasteiger partial charge in [0.1, 0.15) is 0 Å². The van der Waals surface area contributed by atoms with Gasteiger partial charge in [0.05, 0.1) is 0 Å². The van der Waals surface area contributed by atoms with Crippen molar-refractivity contribution in [2.24, 2.45) is 17.6 Å². The van der Waals surface area contributed by atoms with E-state index in [1.165, 1.54) is 13.0 Å². The van der Waals surface area contributed by atoms with Gasteiger partial charge in [-0.15, -0.1) is 0 Å². The molecule has 0 aliphatic rings. The zero-order valence-electron chi connectivity index (χ0n) is 9.71. The summed E-state index contributed by atoms with van der Waals surface area (Å²) in [5, 5.41) is 0. The largest absolute Gasteiger partial charge is 0.330 e. The minimum atomic E-state index is 0.629. The standard InChI is InChI=1S/C11H26N2/c1-5-10(3)8-13(6-2)9-11(4)7-12/h10-11H,5-9,12H2,1-4H3. The summed E-state index contributed by atoms with van der Waals surface area (Å²) in [6.45, 7) is 13.3. The van der Waals surface area contributed by atoms with Crippen molar-refractivity contribution in [3.63, 3.8) is 0 Å². The van der Waals surface area contributed by atoms with Crippen LogP contribution in [0.3, 0.4) is 0 Å². The maximum atomic E-state index is 5.61. The molecule has 0 aliphatic heterocycles.